The van der Waals surface area contributed by atoms with Crippen molar-refractivity contribution in [3.63, 3.8) is 0 Å². The first-order valence-corrected chi connectivity index (χ1v) is 8.77. The van der Waals surface area contributed by atoms with Gasteiger partial charge < -0.3 is 15.2 Å². The third-order valence-corrected chi connectivity index (χ3v) is 4.18. The fourth-order valence-corrected chi connectivity index (χ4v) is 3.50. The Labute approximate surface area is 152 Å². The molecule has 6 heteroatoms. The van der Waals surface area contributed by atoms with Crippen molar-refractivity contribution in [1.82, 2.24) is 0 Å². The van der Waals surface area contributed by atoms with E-state index in [2.05, 4.69) is 44.1 Å². The summed E-state index contributed by atoms with van der Waals surface area (Å²) in [4.78, 5) is 11.0. The molecule has 0 radical (unpaired) electrons. The molecule has 0 atom stereocenters. The lowest BCUT2D eigenvalue weighted by atomic mass is 10.1. The quantitative estimate of drug-likeness (QED) is 0.609. The standard InChI is InChI=1S/C17H17Br2NO3/c1-2-6-23-16-12(7-13(18)9-15(16)19)10-20-14-5-3-4-11(8-14)17(21)22/h3-5,7-9,20H,2,6,10H2,1H3,(H,21,22). The molecular weight excluding hydrogens is 426 g/mol. The molecule has 0 bridgehead atoms. The first-order valence-electron chi connectivity index (χ1n) is 7.19. The lowest BCUT2D eigenvalue weighted by Crippen LogP contribution is -2.06. The molecule has 2 aromatic rings. The maximum atomic E-state index is 11.0. The summed E-state index contributed by atoms with van der Waals surface area (Å²) < 4.78 is 7.65. The minimum absolute atomic E-state index is 0.257. The zero-order valence-electron chi connectivity index (χ0n) is 12.6. The van der Waals surface area contributed by atoms with Crippen molar-refractivity contribution < 1.29 is 14.6 Å². The van der Waals surface area contributed by atoms with Crippen molar-refractivity contribution in [3.05, 3.63) is 56.5 Å². The molecule has 0 unspecified atom stereocenters. The number of ether oxygens (including phenoxy) is 1. The van der Waals surface area contributed by atoms with Gasteiger partial charge in [-0.25, -0.2) is 4.79 Å². The SMILES string of the molecule is CCCOc1c(Br)cc(Br)cc1CNc1cccc(C(=O)O)c1. The predicted molar refractivity (Wildman–Crippen MR) is 98.4 cm³/mol. The van der Waals surface area contributed by atoms with Crippen LogP contribution in [0.5, 0.6) is 5.75 Å². The zero-order valence-corrected chi connectivity index (χ0v) is 15.8. The van der Waals surface area contributed by atoms with E-state index >= 15 is 0 Å². The van der Waals surface area contributed by atoms with Crippen LogP contribution in [0.3, 0.4) is 0 Å². The third kappa shape index (κ3) is 4.97. The van der Waals surface area contributed by atoms with E-state index in [1.165, 1.54) is 0 Å². The highest BCUT2D eigenvalue weighted by Gasteiger charge is 2.11. The van der Waals surface area contributed by atoms with Gasteiger partial charge in [-0.3, -0.25) is 0 Å². The molecule has 0 aromatic heterocycles. The zero-order chi connectivity index (χ0) is 16.8. The number of hydrogen-bond donors (Lipinski definition) is 2. The fourth-order valence-electron chi connectivity index (χ4n) is 2.07. The number of carbonyl (C=O) groups is 1. The molecule has 0 spiro atoms. The molecule has 0 fully saturated rings. The molecule has 23 heavy (non-hydrogen) atoms. The second-order valence-electron chi connectivity index (χ2n) is 4.96. The summed E-state index contributed by atoms with van der Waals surface area (Å²) in [6.07, 6.45) is 0.927. The molecule has 0 heterocycles. The molecular formula is C17H17Br2NO3. The number of halogens is 2. The Bertz CT molecular complexity index is 704. The second-order valence-corrected chi connectivity index (χ2v) is 6.73. The summed E-state index contributed by atoms with van der Waals surface area (Å²) >= 11 is 7.01. The Morgan fingerprint density at radius 3 is 2.74 bits per heavy atom. The molecule has 0 aliphatic heterocycles. The number of rotatable bonds is 7. The van der Waals surface area contributed by atoms with E-state index in [0.717, 1.165) is 32.4 Å². The largest absolute Gasteiger partial charge is 0.492 e. The van der Waals surface area contributed by atoms with E-state index in [9.17, 15) is 4.79 Å². The molecule has 0 saturated carbocycles. The average molecular weight is 443 g/mol. The number of anilines is 1. The molecule has 0 aliphatic carbocycles. The Kier molecular flexibility index (Phi) is 6.47. The summed E-state index contributed by atoms with van der Waals surface area (Å²) in [6.45, 7) is 3.23. The Balaban J connectivity index is 2.19. The van der Waals surface area contributed by atoms with Gasteiger partial charge in [0.1, 0.15) is 5.75 Å². The van der Waals surface area contributed by atoms with Crippen molar-refractivity contribution in [2.75, 3.05) is 11.9 Å². The Hall–Kier alpha value is -1.53. The van der Waals surface area contributed by atoms with Crippen LogP contribution in [-0.4, -0.2) is 17.7 Å². The summed E-state index contributed by atoms with van der Waals surface area (Å²) in [5, 5.41) is 12.3. The highest BCUT2D eigenvalue weighted by molar-refractivity contribution is 9.11. The van der Waals surface area contributed by atoms with Crippen molar-refractivity contribution in [2.24, 2.45) is 0 Å². The van der Waals surface area contributed by atoms with Gasteiger partial charge in [0.25, 0.3) is 0 Å². The van der Waals surface area contributed by atoms with E-state index in [1.807, 2.05) is 18.2 Å². The molecule has 4 nitrogen and oxygen atoms in total. The Morgan fingerprint density at radius 2 is 2.04 bits per heavy atom. The van der Waals surface area contributed by atoms with Crippen LogP contribution in [0, 0.1) is 0 Å². The average Bonchev–Trinajstić information content (AvgIpc) is 2.52. The van der Waals surface area contributed by atoms with Crippen LogP contribution < -0.4 is 10.1 Å². The van der Waals surface area contributed by atoms with E-state index in [-0.39, 0.29) is 5.56 Å². The van der Waals surface area contributed by atoms with Gasteiger partial charge in [0.05, 0.1) is 16.6 Å². The van der Waals surface area contributed by atoms with Crippen LogP contribution in [-0.2, 0) is 6.54 Å². The lowest BCUT2D eigenvalue weighted by Gasteiger charge is -2.15. The van der Waals surface area contributed by atoms with Gasteiger partial charge in [0.15, 0.2) is 0 Å². The number of benzene rings is 2. The summed E-state index contributed by atoms with van der Waals surface area (Å²) in [6, 6.07) is 10.7. The summed E-state index contributed by atoms with van der Waals surface area (Å²) in [5.41, 5.74) is 2.00. The normalized spacial score (nSPS) is 10.4. The molecule has 0 amide bonds. The number of carboxylic acid groups (broad SMARTS) is 1. The van der Waals surface area contributed by atoms with Gasteiger partial charge in [-0.05, 0) is 52.7 Å². The maximum Gasteiger partial charge on any atom is 0.335 e. The van der Waals surface area contributed by atoms with Crippen molar-refractivity contribution in [3.8, 4) is 5.75 Å². The highest BCUT2D eigenvalue weighted by atomic mass is 79.9. The predicted octanol–water partition coefficient (Wildman–Crippen LogP) is 5.31. The van der Waals surface area contributed by atoms with E-state index < -0.39 is 5.97 Å². The smallest absolute Gasteiger partial charge is 0.335 e. The van der Waals surface area contributed by atoms with Crippen LogP contribution in [0.15, 0.2) is 45.3 Å². The van der Waals surface area contributed by atoms with Gasteiger partial charge in [-0.2, -0.15) is 0 Å². The molecule has 2 rings (SSSR count). The number of nitrogens with one attached hydrogen (secondary N) is 1. The fraction of sp³-hybridized carbons (Fsp3) is 0.235. The minimum atomic E-state index is -0.939. The van der Waals surface area contributed by atoms with Crippen LogP contribution in [0.1, 0.15) is 29.3 Å². The highest BCUT2D eigenvalue weighted by Crippen LogP contribution is 2.33. The van der Waals surface area contributed by atoms with Crippen molar-refractivity contribution in [2.45, 2.75) is 19.9 Å². The van der Waals surface area contributed by atoms with Gasteiger partial charge in [0, 0.05) is 22.3 Å². The molecule has 0 saturated heterocycles. The van der Waals surface area contributed by atoms with Gasteiger partial charge >= 0.3 is 5.97 Å². The van der Waals surface area contributed by atoms with E-state index in [1.54, 1.807) is 18.2 Å². The maximum absolute atomic E-state index is 11.0. The number of aromatic carboxylic acids is 1. The van der Waals surface area contributed by atoms with Crippen LogP contribution in [0.25, 0.3) is 0 Å². The first-order chi connectivity index (χ1) is 11.0. The summed E-state index contributed by atoms with van der Waals surface area (Å²) in [5.74, 6) is -0.136. The van der Waals surface area contributed by atoms with Gasteiger partial charge in [-0.15, -0.1) is 0 Å². The van der Waals surface area contributed by atoms with Crippen LogP contribution >= 0.6 is 31.9 Å². The van der Waals surface area contributed by atoms with Crippen molar-refractivity contribution in [1.29, 1.82) is 0 Å². The third-order valence-electron chi connectivity index (χ3n) is 3.13. The van der Waals surface area contributed by atoms with Crippen molar-refractivity contribution >= 4 is 43.5 Å². The Morgan fingerprint density at radius 1 is 1.26 bits per heavy atom. The monoisotopic (exact) mass is 441 g/mol. The van der Waals surface area contributed by atoms with Crippen LogP contribution in [0.2, 0.25) is 0 Å². The molecule has 0 aliphatic rings. The molecule has 2 aromatic carbocycles. The number of carboxylic acids is 1. The summed E-state index contributed by atoms with van der Waals surface area (Å²) in [7, 11) is 0. The minimum Gasteiger partial charge on any atom is -0.492 e. The molecule has 2 N–H and O–H groups in total. The second kappa shape index (κ2) is 8.36. The lowest BCUT2D eigenvalue weighted by molar-refractivity contribution is 0.0697. The first kappa shape index (κ1) is 17.8. The van der Waals surface area contributed by atoms with E-state index in [4.69, 9.17) is 9.84 Å². The van der Waals surface area contributed by atoms with Gasteiger partial charge in [-0.1, -0.05) is 28.9 Å². The van der Waals surface area contributed by atoms with Gasteiger partial charge in [0.2, 0.25) is 0 Å². The molecule has 122 valence electrons. The van der Waals surface area contributed by atoms with Crippen LogP contribution in [0.4, 0.5) is 5.69 Å². The topological polar surface area (TPSA) is 58.6 Å². The van der Waals surface area contributed by atoms with E-state index in [0.29, 0.717) is 13.2 Å². The number of hydrogen-bond acceptors (Lipinski definition) is 3.